The summed E-state index contributed by atoms with van der Waals surface area (Å²) in [4.78, 5) is 34.7. The van der Waals surface area contributed by atoms with Crippen LogP contribution in [-0.4, -0.2) is 33.4 Å². The van der Waals surface area contributed by atoms with Gasteiger partial charge in [-0.15, -0.1) is 0 Å². The Morgan fingerprint density at radius 2 is 2.08 bits per heavy atom. The predicted molar refractivity (Wildman–Crippen MR) is 93.3 cm³/mol. The van der Waals surface area contributed by atoms with Gasteiger partial charge in [-0.3, -0.25) is 9.59 Å². The number of fused-ring (bicyclic) bond motifs is 2. The average molecular weight is 335 g/mol. The van der Waals surface area contributed by atoms with Gasteiger partial charge < -0.3 is 15.6 Å². The van der Waals surface area contributed by atoms with E-state index < -0.39 is 0 Å². The molecule has 0 fully saturated rings. The quantitative estimate of drug-likeness (QED) is 0.656. The van der Waals surface area contributed by atoms with Crippen LogP contribution in [0.1, 0.15) is 21.5 Å². The van der Waals surface area contributed by atoms with Gasteiger partial charge in [-0.1, -0.05) is 24.3 Å². The Bertz CT molecular complexity index is 998. The summed E-state index contributed by atoms with van der Waals surface area (Å²) in [7, 11) is 0. The third kappa shape index (κ3) is 3.14. The molecule has 0 radical (unpaired) electrons. The third-order valence-electron chi connectivity index (χ3n) is 4.43. The van der Waals surface area contributed by atoms with Crippen LogP contribution < -0.4 is 16.2 Å². The standard InChI is InChI=1S/C18H17N5O2/c24-17(13-6-15-16(20-8-13)22-10-23-18(15)25)21-9-14-5-11-3-1-2-4-12(11)7-19-14/h1-4,6,8,10,14,19H,5,7,9H2,(H,21,24)(H,20,22,23,25). The van der Waals surface area contributed by atoms with E-state index in [1.54, 1.807) is 0 Å². The molecule has 1 aromatic carbocycles. The highest BCUT2D eigenvalue weighted by Gasteiger charge is 2.18. The van der Waals surface area contributed by atoms with Gasteiger partial charge in [-0.2, -0.15) is 0 Å². The minimum absolute atomic E-state index is 0.178. The number of hydrogen-bond donors (Lipinski definition) is 3. The van der Waals surface area contributed by atoms with E-state index in [0.29, 0.717) is 23.1 Å². The molecule has 25 heavy (non-hydrogen) atoms. The van der Waals surface area contributed by atoms with Crippen molar-refractivity contribution < 1.29 is 4.79 Å². The molecule has 0 saturated heterocycles. The summed E-state index contributed by atoms with van der Waals surface area (Å²) < 4.78 is 0. The minimum Gasteiger partial charge on any atom is -0.350 e. The average Bonchev–Trinajstić information content (AvgIpc) is 2.66. The van der Waals surface area contributed by atoms with Crippen molar-refractivity contribution in [2.75, 3.05) is 6.54 Å². The number of aromatic nitrogens is 3. The van der Waals surface area contributed by atoms with E-state index in [1.807, 2.05) is 12.1 Å². The molecule has 1 aliphatic heterocycles. The van der Waals surface area contributed by atoms with E-state index in [1.165, 1.54) is 29.7 Å². The lowest BCUT2D eigenvalue weighted by molar-refractivity contribution is 0.0948. The van der Waals surface area contributed by atoms with Gasteiger partial charge in [0.25, 0.3) is 11.5 Å². The molecule has 0 bridgehead atoms. The van der Waals surface area contributed by atoms with Gasteiger partial charge in [0.2, 0.25) is 0 Å². The summed E-state index contributed by atoms with van der Waals surface area (Å²) in [6, 6.07) is 10.0. The summed E-state index contributed by atoms with van der Waals surface area (Å²) in [5, 5.41) is 6.64. The highest BCUT2D eigenvalue weighted by atomic mass is 16.1. The van der Waals surface area contributed by atoms with Crippen LogP contribution >= 0.6 is 0 Å². The Labute approximate surface area is 143 Å². The van der Waals surface area contributed by atoms with E-state index in [4.69, 9.17) is 0 Å². The molecule has 3 N–H and O–H groups in total. The summed E-state index contributed by atoms with van der Waals surface area (Å²) in [6.07, 6.45) is 3.60. The van der Waals surface area contributed by atoms with E-state index in [2.05, 4.69) is 37.7 Å². The Hall–Kier alpha value is -3.06. The zero-order chi connectivity index (χ0) is 17.2. The van der Waals surface area contributed by atoms with Crippen molar-refractivity contribution in [2.24, 2.45) is 0 Å². The topological polar surface area (TPSA) is 99.8 Å². The van der Waals surface area contributed by atoms with Crippen LogP contribution in [0.25, 0.3) is 11.0 Å². The van der Waals surface area contributed by atoms with Crippen molar-refractivity contribution in [3.05, 3.63) is 69.9 Å². The fraction of sp³-hybridized carbons (Fsp3) is 0.222. The molecule has 4 rings (SSSR count). The van der Waals surface area contributed by atoms with Gasteiger partial charge in [-0.05, 0) is 23.6 Å². The molecule has 3 aromatic rings. The lowest BCUT2D eigenvalue weighted by atomic mass is 9.96. The molecule has 1 amide bonds. The zero-order valence-corrected chi connectivity index (χ0v) is 13.5. The maximum absolute atomic E-state index is 12.4. The molecule has 7 nitrogen and oxygen atoms in total. The summed E-state index contributed by atoms with van der Waals surface area (Å²) in [5.74, 6) is -0.252. The number of H-pyrrole nitrogens is 1. The number of amides is 1. The normalized spacial score (nSPS) is 16.4. The number of pyridine rings is 1. The molecular formula is C18H17N5O2. The van der Waals surface area contributed by atoms with Crippen LogP contribution in [0, 0.1) is 0 Å². The van der Waals surface area contributed by atoms with Crippen LogP contribution in [0.4, 0.5) is 0 Å². The van der Waals surface area contributed by atoms with Gasteiger partial charge >= 0.3 is 0 Å². The SMILES string of the molecule is O=C(NCC1Cc2ccccc2CN1)c1cnc2nc[nH]c(=O)c2c1. The Morgan fingerprint density at radius 3 is 2.96 bits per heavy atom. The maximum atomic E-state index is 12.4. The number of carbonyl (C=O) groups excluding carboxylic acids is 1. The summed E-state index contributed by atoms with van der Waals surface area (Å²) in [5.41, 5.74) is 2.98. The van der Waals surface area contributed by atoms with Crippen LogP contribution in [0.2, 0.25) is 0 Å². The third-order valence-corrected chi connectivity index (χ3v) is 4.43. The van der Waals surface area contributed by atoms with Crippen LogP contribution in [0.5, 0.6) is 0 Å². The highest BCUT2D eigenvalue weighted by molar-refractivity contribution is 5.96. The number of nitrogens with one attached hydrogen (secondary N) is 3. The highest BCUT2D eigenvalue weighted by Crippen LogP contribution is 2.16. The molecule has 2 aromatic heterocycles. The van der Waals surface area contributed by atoms with Gasteiger partial charge in [0.05, 0.1) is 17.3 Å². The van der Waals surface area contributed by atoms with Gasteiger partial charge in [-0.25, -0.2) is 9.97 Å². The zero-order valence-electron chi connectivity index (χ0n) is 13.5. The second kappa shape index (κ2) is 6.45. The van der Waals surface area contributed by atoms with E-state index in [0.717, 1.165) is 13.0 Å². The van der Waals surface area contributed by atoms with Crippen LogP contribution in [0.3, 0.4) is 0 Å². The van der Waals surface area contributed by atoms with Crippen molar-refractivity contribution in [3.8, 4) is 0 Å². The smallest absolute Gasteiger partial charge is 0.260 e. The van der Waals surface area contributed by atoms with Crippen molar-refractivity contribution in [3.63, 3.8) is 0 Å². The molecule has 7 heteroatoms. The molecule has 0 spiro atoms. The fourth-order valence-electron chi connectivity index (χ4n) is 3.06. The lowest BCUT2D eigenvalue weighted by Crippen LogP contribution is -2.44. The van der Waals surface area contributed by atoms with E-state index in [9.17, 15) is 9.59 Å². The summed E-state index contributed by atoms with van der Waals surface area (Å²) >= 11 is 0. The van der Waals surface area contributed by atoms with Gasteiger partial charge in [0.1, 0.15) is 0 Å². The number of benzene rings is 1. The lowest BCUT2D eigenvalue weighted by Gasteiger charge is -2.26. The van der Waals surface area contributed by atoms with Crippen molar-refractivity contribution in [2.45, 2.75) is 19.0 Å². The molecule has 1 unspecified atom stereocenters. The molecule has 3 heterocycles. The Balaban J connectivity index is 1.44. The fourth-order valence-corrected chi connectivity index (χ4v) is 3.06. The second-order valence-electron chi connectivity index (χ2n) is 6.09. The Morgan fingerprint density at radius 1 is 1.24 bits per heavy atom. The van der Waals surface area contributed by atoms with E-state index >= 15 is 0 Å². The first-order valence-corrected chi connectivity index (χ1v) is 8.12. The molecule has 1 aliphatic rings. The first-order chi connectivity index (χ1) is 12.2. The van der Waals surface area contributed by atoms with Crippen LogP contribution in [0.15, 0.2) is 47.7 Å². The van der Waals surface area contributed by atoms with Gasteiger partial charge in [0, 0.05) is 25.3 Å². The maximum Gasteiger partial charge on any atom is 0.260 e. The second-order valence-corrected chi connectivity index (χ2v) is 6.09. The number of nitrogens with zero attached hydrogens (tertiary/aromatic N) is 2. The molecule has 1 atom stereocenters. The molecule has 126 valence electrons. The monoisotopic (exact) mass is 335 g/mol. The first kappa shape index (κ1) is 15.5. The molecular weight excluding hydrogens is 318 g/mol. The van der Waals surface area contributed by atoms with Crippen LogP contribution in [-0.2, 0) is 13.0 Å². The number of hydrogen-bond acceptors (Lipinski definition) is 5. The summed E-state index contributed by atoms with van der Waals surface area (Å²) in [6.45, 7) is 1.31. The van der Waals surface area contributed by atoms with Crippen molar-refractivity contribution in [1.82, 2.24) is 25.6 Å². The number of carbonyl (C=O) groups is 1. The predicted octanol–water partition coefficient (Wildman–Crippen LogP) is 0.762. The van der Waals surface area contributed by atoms with Gasteiger partial charge in [0.15, 0.2) is 5.65 Å². The molecule has 0 saturated carbocycles. The molecule has 0 aliphatic carbocycles. The largest absolute Gasteiger partial charge is 0.350 e. The Kier molecular flexibility index (Phi) is 3.99. The van der Waals surface area contributed by atoms with Crippen molar-refractivity contribution >= 4 is 16.9 Å². The number of rotatable bonds is 3. The number of aromatic amines is 1. The van der Waals surface area contributed by atoms with E-state index in [-0.39, 0.29) is 17.5 Å². The first-order valence-electron chi connectivity index (χ1n) is 8.12. The van der Waals surface area contributed by atoms with Crippen molar-refractivity contribution in [1.29, 1.82) is 0 Å². The minimum atomic E-state index is -0.308.